The first-order chi connectivity index (χ1) is 8.70. The first kappa shape index (κ1) is 12.8. The molecule has 18 heavy (non-hydrogen) atoms. The van der Waals surface area contributed by atoms with Gasteiger partial charge in [0.2, 0.25) is 0 Å². The molecule has 0 saturated carbocycles. The van der Waals surface area contributed by atoms with Crippen LogP contribution in [-0.2, 0) is 11.3 Å². The molecule has 0 spiro atoms. The van der Waals surface area contributed by atoms with Gasteiger partial charge in [-0.1, -0.05) is 6.07 Å². The quantitative estimate of drug-likeness (QED) is 0.613. The molecule has 2 rings (SSSR count). The molecule has 6 nitrogen and oxygen atoms in total. The predicted molar refractivity (Wildman–Crippen MR) is 68.5 cm³/mol. The highest BCUT2D eigenvalue weighted by atomic mass is 16.6. The lowest BCUT2D eigenvalue weighted by atomic mass is 10.1. The Bertz CT molecular complexity index is 431. The van der Waals surface area contributed by atoms with E-state index in [-0.39, 0.29) is 11.8 Å². The van der Waals surface area contributed by atoms with E-state index in [9.17, 15) is 10.1 Å². The number of benzene rings is 1. The summed E-state index contributed by atoms with van der Waals surface area (Å²) in [5.41, 5.74) is 6.82. The van der Waals surface area contributed by atoms with Crippen LogP contribution in [0, 0.1) is 10.1 Å². The minimum Gasteiger partial charge on any atom is -0.377 e. The molecule has 1 unspecified atom stereocenters. The van der Waals surface area contributed by atoms with Gasteiger partial charge in [0.15, 0.2) is 0 Å². The number of hydrogen-bond donors (Lipinski definition) is 2. The number of nitro groups is 1. The third-order valence-electron chi connectivity index (χ3n) is 3.04. The average Bonchev–Trinajstić information content (AvgIpc) is 2.89. The van der Waals surface area contributed by atoms with Crippen molar-refractivity contribution < 1.29 is 9.66 Å². The Morgan fingerprint density at radius 3 is 3.00 bits per heavy atom. The van der Waals surface area contributed by atoms with Crippen molar-refractivity contribution in [3.05, 3.63) is 33.9 Å². The first-order valence-electron chi connectivity index (χ1n) is 6.03. The Morgan fingerprint density at radius 1 is 1.56 bits per heavy atom. The standard InChI is InChI=1S/C12H17N3O3/c13-7-9-3-4-11(12(6-9)15(16)17)14-8-10-2-1-5-18-10/h3-4,6,10,14H,1-2,5,7-8,13H2. The number of nitrogens with one attached hydrogen (secondary N) is 1. The maximum atomic E-state index is 11.0. The first-order valence-corrected chi connectivity index (χ1v) is 6.03. The van der Waals surface area contributed by atoms with Gasteiger partial charge in [0, 0.05) is 25.8 Å². The molecule has 1 aliphatic heterocycles. The third-order valence-corrected chi connectivity index (χ3v) is 3.04. The smallest absolute Gasteiger partial charge is 0.292 e. The summed E-state index contributed by atoms with van der Waals surface area (Å²) >= 11 is 0. The summed E-state index contributed by atoms with van der Waals surface area (Å²) in [6.45, 7) is 1.68. The van der Waals surface area contributed by atoms with Gasteiger partial charge < -0.3 is 15.8 Å². The van der Waals surface area contributed by atoms with Gasteiger partial charge in [0.25, 0.3) is 5.69 Å². The Labute approximate surface area is 105 Å². The van der Waals surface area contributed by atoms with Gasteiger partial charge in [0.05, 0.1) is 11.0 Å². The Hall–Kier alpha value is -1.66. The second-order valence-corrected chi connectivity index (χ2v) is 4.33. The molecule has 0 aromatic heterocycles. The number of nitrogens with two attached hydrogens (primary N) is 1. The molecular weight excluding hydrogens is 234 g/mol. The molecule has 1 fully saturated rings. The van der Waals surface area contributed by atoms with Crippen molar-refractivity contribution in [1.82, 2.24) is 0 Å². The van der Waals surface area contributed by atoms with E-state index in [1.165, 1.54) is 6.07 Å². The van der Waals surface area contributed by atoms with Crippen LogP contribution in [0.15, 0.2) is 18.2 Å². The van der Waals surface area contributed by atoms with Gasteiger partial charge in [-0.15, -0.1) is 0 Å². The number of nitro benzene ring substituents is 1. The van der Waals surface area contributed by atoms with Crippen molar-refractivity contribution in [2.24, 2.45) is 5.73 Å². The molecule has 3 N–H and O–H groups in total. The van der Waals surface area contributed by atoms with E-state index in [0.29, 0.717) is 18.8 Å². The lowest BCUT2D eigenvalue weighted by molar-refractivity contribution is -0.384. The van der Waals surface area contributed by atoms with Crippen molar-refractivity contribution in [3.8, 4) is 0 Å². The second-order valence-electron chi connectivity index (χ2n) is 4.33. The molecular formula is C12H17N3O3. The fraction of sp³-hybridized carbons (Fsp3) is 0.500. The summed E-state index contributed by atoms with van der Waals surface area (Å²) < 4.78 is 5.47. The van der Waals surface area contributed by atoms with Crippen molar-refractivity contribution in [2.45, 2.75) is 25.5 Å². The van der Waals surface area contributed by atoms with E-state index in [1.807, 2.05) is 0 Å². The fourth-order valence-electron chi connectivity index (χ4n) is 2.03. The van der Waals surface area contributed by atoms with E-state index >= 15 is 0 Å². The van der Waals surface area contributed by atoms with Crippen LogP contribution >= 0.6 is 0 Å². The summed E-state index contributed by atoms with van der Waals surface area (Å²) in [5.74, 6) is 0. The highest BCUT2D eigenvalue weighted by molar-refractivity contribution is 5.62. The molecule has 0 aliphatic carbocycles. The number of ether oxygens (including phenoxy) is 1. The number of anilines is 1. The molecule has 1 aliphatic rings. The van der Waals surface area contributed by atoms with E-state index in [0.717, 1.165) is 25.0 Å². The van der Waals surface area contributed by atoms with Gasteiger partial charge in [-0.25, -0.2) is 0 Å². The van der Waals surface area contributed by atoms with Gasteiger partial charge in [-0.3, -0.25) is 10.1 Å². The Balaban J connectivity index is 2.08. The molecule has 1 aromatic rings. The van der Waals surface area contributed by atoms with Crippen molar-refractivity contribution in [1.29, 1.82) is 0 Å². The maximum absolute atomic E-state index is 11.0. The predicted octanol–water partition coefficient (Wildman–Crippen LogP) is 1.64. The van der Waals surface area contributed by atoms with Gasteiger partial charge in [-0.2, -0.15) is 0 Å². The molecule has 0 amide bonds. The zero-order chi connectivity index (χ0) is 13.0. The largest absolute Gasteiger partial charge is 0.377 e. The van der Waals surface area contributed by atoms with Crippen LogP contribution in [0.3, 0.4) is 0 Å². The van der Waals surface area contributed by atoms with E-state index < -0.39 is 4.92 Å². The van der Waals surface area contributed by atoms with Gasteiger partial charge >= 0.3 is 0 Å². The fourth-order valence-corrected chi connectivity index (χ4v) is 2.03. The summed E-state index contributed by atoms with van der Waals surface area (Å²) in [5, 5.41) is 14.1. The average molecular weight is 251 g/mol. The lowest BCUT2D eigenvalue weighted by Crippen LogP contribution is -2.19. The third kappa shape index (κ3) is 2.96. The number of rotatable bonds is 5. The second kappa shape index (κ2) is 5.79. The minimum atomic E-state index is -0.392. The van der Waals surface area contributed by atoms with Crippen LogP contribution in [0.5, 0.6) is 0 Å². The van der Waals surface area contributed by atoms with Crippen LogP contribution in [0.25, 0.3) is 0 Å². The van der Waals surface area contributed by atoms with Crippen LogP contribution in [0.1, 0.15) is 18.4 Å². The molecule has 1 saturated heterocycles. The maximum Gasteiger partial charge on any atom is 0.292 e. The van der Waals surface area contributed by atoms with Gasteiger partial charge in [-0.05, 0) is 24.5 Å². The minimum absolute atomic E-state index is 0.0657. The molecule has 6 heteroatoms. The number of hydrogen-bond acceptors (Lipinski definition) is 5. The zero-order valence-electron chi connectivity index (χ0n) is 10.1. The van der Waals surface area contributed by atoms with Crippen LogP contribution < -0.4 is 11.1 Å². The summed E-state index contributed by atoms with van der Waals surface area (Å²) in [4.78, 5) is 10.6. The Morgan fingerprint density at radius 2 is 2.39 bits per heavy atom. The highest BCUT2D eigenvalue weighted by Gasteiger charge is 2.18. The molecule has 1 aromatic carbocycles. The van der Waals surface area contributed by atoms with Crippen molar-refractivity contribution in [3.63, 3.8) is 0 Å². The molecule has 1 atom stereocenters. The molecule has 1 heterocycles. The van der Waals surface area contributed by atoms with Crippen LogP contribution in [0.4, 0.5) is 11.4 Å². The molecule has 0 bridgehead atoms. The van der Waals surface area contributed by atoms with E-state index in [4.69, 9.17) is 10.5 Å². The van der Waals surface area contributed by atoms with Crippen LogP contribution in [-0.4, -0.2) is 24.2 Å². The monoisotopic (exact) mass is 251 g/mol. The van der Waals surface area contributed by atoms with E-state index in [2.05, 4.69) is 5.32 Å². The van der Waals surface area contributed by atoms with Crippen molar-refractivity contribution in [2.75, 3.05) is 18.5 Å². The van der Waals surface area contributed by atoms with Crippen molar-refractivity contribution >= 4 is 11.4 Å². The van der Waals surface area contributed by atoms with Crippen LogP contribution in [0.2, 0.25) is 0 Å². The summed E-state index contributed by atoms with van der Waals surface area (Å²) in [7, 11) is 0. The number of nitrogens with zero attached hydrogens (tertiary/aromatic N) is 1. The SMILES string of the molecule is NCc1ccc(NCC2CCCO2)c([N+](=O)[O-])c1. The normalized spacial score (nSPS) is 18.8. The van der Waals surface area contributed by atoms with E-state index in [1.54, 1.807) is 12.1 Å². The highest BCUT2D eigenvalue weighted by Crippen LogP contribution is 2.26. The summed E-state index contributed by atoms with van der Waals surface area (Å²) in [6, 6.07) is 5.01. The Kier molecular flexibility index (Phi) is 4.11. The molecule has 98 valence electrons. The summed E-state index contributed by atoms with van der Waals surface area (Å²) in [6.07, 6.45) is 2.21. The molecule has 0 radical (unpaired) electrons. The topological polar surface area (TPSA) is 90.4 Å². The zero-order valence-corrected chi connectivity index (χ0v) is 10.1. The van der Waals surface area contributed by atoms with Gasteiger partial charge in [0.1, 0.15) is 5.69 Å². The lowest BCUT2D eigenvalue weighted by Gasteiger charge is -2.12.